The van der Waals surface area contributed by atoms with Crippen LogP contribution in [0.5, 0.6) is 11.5 Å². The summed E-state index contributed by atoms with van der Waals surface area (Å²) >= 11 is 1.32. The van der Waals surface area contributed by atoms with Crippen molar-refractivity contribution in [2.45, 2.75) is 6.92 Å². The van der Waals surface area contributed by atoms with Gasteiger partial charge in [-0.25, -0.2) is 0 Å². The first kappa shape index (κ1) is 16.9. The number of carbonyl (C=O) groups is 1. The Morgan fingerprint density at radius 1 is 1.08 bits per heavy atom. The second-order valence-corrected chi connectivity index (χ2v) is 6.19. The molecule has 0 aliphatic heterocycles. The fourth-order valence-corrected chi connectivity index (χ4v) is 3.08. The summed E-state index contributed by atoms with van der Waals surface area (Å²) in [5.74, 6) is 0.782. The van der Waals surface area contributed by atoms with Crippen LogP contribution in [0.4, 0.5) is 5.13 Å². The number of rotatable bonds is 6. The van der Waals surface area contributed by atoms with Gasteiger partial charge >= 0.3 is 0 Å². The fourth-order valence-electron chi connectivity index (χ4n) is 2.23. The first-order chi connectivity index (χ1) is 12.2. The van der Waals surface area contributed by atoms with Gasteiger partial charge in [0, 0.05) is 5.56 Å². The molecule has 1 heterocycles. The predicted octanol–water partition coefficient (Wildman–Crippen LogP) is 3.54. The van der Waals surface area contributed by atoms with Gasteiger partial charge in [-0.05, 0) is 24.6 Å². The number of aryl methyl sites for hydroxylation is 1. The van der Waals surface area contributed by atoms with Crippen molar-refractivity contribution in [2.24, 2.45) is 0 Å². The van der Waals surface area contributed by atoms with Gasteiger partial charge in [0.1, 0.15) is 5.01 Å². The largest absolute Gasteiger partial charge is 0.493 e. The Balaban J connectivity index is 1.61. The lowest BCUT2D eigenvalue weighted by atomic mass is 10.1. The maximum absolute atomic E-state index is 12.1. The number of aromatic nitrogens is 2. The third-order valence-electron chi connectivity index (χ3n) is 3.47. The van der Waals surface area contributed by atoms with Gasteiger partial charge in [-0.15, -0.1) is 10.2 Å². The van der Waals surface area contributed by atoms with Crippen molar-refractivity contribution < 1.29 is 14.3 Å². The average molecular weight is 355 g/mol. The second kappa shape index (κ2) is 7.76. The average Bonchev–Trinajstić information content (AvgIpc) is 3.08. The Kier molecular flexibility index (Phi) is 5.25. The van der Waals surface area contributed by atoms with E-state index in [4.69, 9.17) is 9.47 Å². The number of carbonyl (C=O) groups excluding carboxylic acids is 1. The molecule has 1 N–H and O–H groups in total. The lowest BCUT2D eigenvalue weighted by molar-refractivity contribution is -0.118. The number of hydrogen-bond acceptors (Lipinski definition) is 6. The van der Waals surface area contributed by atoms with Crippen LogP contribution in [-0.4, -0.2) is 29.8 Å². The lowest BCUT2D eigenvalue weighted by Gasteiger charge is -2.09. The summed E-state index contributed by atoms with van der Waals surface area (Å²) < 4.78 is 10.7. The van der Waals surface area contributed by atoms with Crippen LogP contribution in [0.15, 0.2) is 48.5 Å². The van der Waals surface area contributed by atoms with E-state index < -0.39 is 0 Å². The molecule has 0 bridgehead atoms. The molecule has 128 valence electrons. The highest BCUT2D eigenvalue weighted by Gasteiger charge is 2.12. The number of benzene rings is 2. The molecule has 0 saturated carbocycles. The molecule has 0 fully saturated rings. The van der Waals surface area contributed by atoms with Crippen LogP contribution in [0.1, 0.15) is 5.56 Å². The fraction of sp³-hybridized carbons (Fsp3) is 0.167. The maximum atomic E-state index is 12.1. The smallest absolute Gasteiger partial charge is 0.264 e. The van der Waals surface area contributed by atoms with E-state index in [0.717, 1.165) is 16.1 Å². The van der Waals surface area contributed by atoms with Gasteiger partial charge in [-0.3, -0.25) is 10.1 Å². The molecule has 25 heavy (non-hydrogen) atoms. The molecule has 0 atom stereocenters. The molecule has 0 spiro atoms. The van der Waals surface area contributed by atoms with Gasteiger partial charge in [0.2, 0.25) is 5.13 Å². The van der Waals surface area contributed by atoms with Gasteiger partial charge in [-0.2, -0.15) is 0 Å². The minimum Gasteiger partial charge on any atom is -0.493 e. The Morgan fingerprint density at radius 3 is 2.56 bits per heavy atom. The quantitative estimate of drug-likeness (QED) is 0.732. The zero-order valence-electron chi connectivity index (χ0n) is 13.9. The number of anilines is 1. The van der Waals surface area contributed by atoms with E-state index in [-0.39, 0.29) is 12.5 Å². The van der Waals surface area contributed by atoms with Crippen molar-refractivity contribution in [3.63, 3.8) is 0 Å². The summed E-state index contributed by atoms with van der Waals surface area (Å²) in [7, 11) is 1.55. The number of ether oxygens (including phenoxy) is 2. The molecule has 6 nitrogen and oxygen atoms in total. The summed E-state index contributed by atoms with van der Waals surface area (Å²) in [4.78, 5) is 12.1. The molecule has 1 aromatic heterocycles. The molecule has 3 aromatic rings. The Hall–Kier alpha value is -2.93. The van der Waals surface area contributed by atoms with E-state index in [1.165, 1.54) is 11.3 Å². The summed E-state index contributed by atoms with van der Waals surface area (Å²) in [5, 5.41) is 12.1. The van der Waals surface area contributed by atoms with E-state index in [0.29, 0.717) is 16.6 Å². The molecule has 0 aliphatic rings. The standard InChI is InChI=1S/C18H17N3O3S/c1-12-7-3-4-8-13(12)17-20-21-18(25-17)19-16(22)11-24-15-10-6-5-9-14(15)23-2/h3-10H,11H2,1-2H3,(H,19,21,22). The molecule has 1 amide bonds. The summed E-state index contributed by atoms with van der Waals surface area (Å²) in [6.45, 7) is 1.87. The van der Waals surface area contributed by atoms with Crippen LogP contribution in [0.25, 0.3) is 10.6 Å². The minimum absolute atomic E-state index is 0.139. The molecule has 3 rings (SSSR count). The number of methoxy groups -OCH3 is 1. The van der Waals surface area contributed by atoms with Crippen LogP contribution in [0, 0.1) is 6.92 Å². The van der Waals surface area contributed by atoms with Crippen LogP contribution in [-0.2, 0) is 4.79 Å². The van der Waals surface area contributed by atoms with Gasteiger partial charge in [0.15, 0.2) is 18.1 Å². The molecule has 0 saturated heterocycles. The van der Waals surface area contributed by atoms with Crippen LogP contribution in [0.2, 0.25) is 0 Å². The third kappa shape index (κ3) is 4.13. The van der Waals surface area contributed by atoms with Crippen molar-refractivity contribution in [1.29, 1.82) is 0 Å². The van der Waals surface area contributed by atoms with Crippen molar-refractivity contribution >= 4 is 22.4 Å². The van der Waals surface area contributed by atoms with Crippen LogP contribution >= 0.6 is 11.3 Å². The molecule has 0 aliphatic carbocycles. The normalized spacial score (nSPS) is 10.3. The van der Waals surface area contributed by atoms with Crippen LogP contribution < -0.4 is 14.8 Å². The SMILES string of the molecule is COc1ccccc1OCC(=O)Nc1nnc(-c2ccccc2C)s1. The van der Waals surface area contributed by atoms with Crippen molar-refractivity contribution in [1.82, 2.24) is 10.2 Å². The van der Waals surface area contributed by atoms with Gasteiger partial charge in [0.05, 0.1) is 7.11 Å². The molecular formula is C18H17N3O3S. The van der Waals surface area contributed by atoms with E-state index in [2.05, 4.69) is 15.5 Å². The van der Waals surface area contributed by atoms with E-state index in [9.17, 15) is 4.79 Å². The van der Waals surface area contributed by atoms with E-state index in [1.54, 1.807) is 19.2 Å². The zero-order chi connectivity index (χ0) is 17.6. The minimum atomic E-state index is -0.307. The topological polar surface area (TPSA) is 73.3 Å². The Labute approximate surface area is 149 Å². The maximum Gasteiger partial charge on any atom is 0.264 e. The number of nitrogens with one attached hydrogen (secondary N) is 1. The van der Waals surface area contributed by atoms with Gasteiger partial charge < -0.3 is 9.47 Å². The highest BCUT2D eigenvalue weighted by atomic mass is 32.1. The number of nitrogens with zero attached hydrogens (tertiary/aromatic N) is 2. The molecule has 0 unspecified atom stereocenters. The van der Waals surface area contributed by atoms with Crippen molar-refractivity contribution in [3.05, 3.63) is 54.1 Å². The first-order valence-corrected chi connectivity index (χ1v) is 8.44. The summed E-state index contributed by atoms with van der Waals surface area (Å²) in [6.07, 6.45) is 0. The van der Waals surface area contributed by atoms with Gasteiger partial charge in [0.25, 0.3) is 5.91 Å². The van der Waals surface area contributed by atoms with Crippen molar-refractivity contribution in [2.75, 3.05) is 19.0 Å². The second-order valence-electron chi connectivity index (χ2n) is 5.21. The third-order valence-corrected chi connectivity index (χ3v) is 4.35. The highest BCUT2D eigenvalue weighted by Crippen LogP contribution is 2.29. The Bertz CT molecular complexity index is 879. The highest BCUT2D eigenvalue weighted by molar-refractivity contribution is 7.18. The van der Waals surface area contributed by atoms with E-state index >= 15 is 0 Å². The molecule has 7 heteroatoms. The zero-order valence-corrected chi connectivity index (χ0v) is 14.7. The number of para-hydroxylation sites is 2. The Morgan fingerprint density at radius 2 is 1.80 bits per heavy atom. The van der Waals surface area contributed by atoms with E-state index in [1.807, 2.05) is 43.3 Å². The number of amides is 1. The first-order valence-electron chi connectivity index (χ1n) is 7.62. The van der Waals surface area contributed by atoms with Crippen LogP contribution in [0.3, 0.4) is 0 Å². The molecule has 2 aromatic carbocycles. The lowest BCUT2D eigenvalue weighted by Crippen LogP contribution is -2.20. The van der Waals surface area contributed by atoms with Crippen molar-refractivity contribution in [3.8, 4) is 22.1 Å². The molecular weight excluding hydrogens is 338 g/mol. The summed E-state index contributed by atoms with van der Waals surface area (Å²) in [6, 6.07) is 15.1. The summed E-state index contributed by atoms with van der Waals surface area (Å²) in [5.41, 5.74) is 2.11. The molecule has 0 radical (unpaired) electrons. The monoisotopic (exact) mass is 355 g/mol. The number of hydrogen-bond donors (Lipinski definition) is 1. The predicted molar refractivity (Wildman–Crippen MR) is 97.2 cm³/mol. The van der Waals surface area contributed by atoms with Gasteiger partial charge in [-0.1, -0.05) is 47.7 Å².